The lowest BCUT2D eigenvalue weighted by Gasteiger charge is -2.35. The van der Waals surface area contributed by atoms with Crippen LogP contribution in [0.15, 0.2) is 59.5 Å². The van der Waals surface area contributed by atoms with E-state index in [9.17, 15) is 13.2 Å². The van der Waals surface area contributed by atoms with E-state index in [4.69, 9.17) is 11.6 Å². The molecule has 8 heteroatoms. The summed E-state index contributed by atoms with van der Waals surface area (Å²) in [5.74, 6) is -1.11. The van der Waals surface area contributed by atoms with Crippen LogP contribution in [-0.2, 0) is 14.6 Å². The number of likely N-dealkylation sites (N-methyl/N-ethyl adjacent to an activating group) is 1. The van der Waals surface area contributed by atoms with Crippen molar-refractivity contribution in [2.45, 2.75) is 10.9 Å². The first kappa shape index (κ1) is 21.8. The van der Waals surface area contributed by atoms with E-state index >= 15 is 0 Å². The minimum absolute atomic E-state index is 0.0902. The molecule has 0 saturated carbocycles. The number of halogens is 1. The molecular weight excluding hydrogens is 410 g/mol. The number of nitrogens with zero attached hydrogens (tertiary/aromatic N) is 2. The topological polar surface area (TPSA) is 69.7 Å². The predicted octanol–water partition coefficient (Wildman–Crippen LogP) is 2.22. The number of sulfone groups is 1. The Morgan fingerprint density at radius 3 is 2.28 bits per heavy atom. The van der Waals surface area contributed by atoms with E-state index in [1.165, 1.54) is 24.3 Å². The summed E-state index contributed by atoms with van der Waals surface area (Å²) in [4.78, 5) is 17.3. The average molecular weight is 436 g/mol. The Hall–Kier alpha value is -1.93. The molecule has 1 saturated heterocycles. The molecule has 29 heavy (non-hydrogen) atoms. The van der Waals surface area contributed by atoms with E-state index < -0.39 is 21.5 Å². The highest BCUT2D eigenvalue weighted by Crippen LogP contribution is 2.18. The molecule has 1 unspecified atom stereocenters. The van der Waals surface area contributed by atoms with Gasteiger partial charge in [-0.2, -0.15) is 0 Å². The maximum atomic E-state index is 12.6. The van der Waals surface area contributed by atoms with Crippen molar-refractivity contribution in [1.29, 1.82) is 0 Å². The minimum atomic E-state index is -3.74. The summed E-state index contributed by atoms with van der Waals surface area (Å²) in [6, 6.07) is 15.2. The number of rotatable bonds is 7. The molecule has 1 atom stereocenters. The molecule has 1 heterocycles. The fraction of sp³-hybridized carbons (Fsp3) is 0.381. The Morgan fingerprint density at radius 1 is 1.03 bits per heavy atom. The van der Waals surface area contributed by atoms with Crippen LogP contribution in [0.25, 0.3) is 0 Å². The molecule has 1 aliphatic heterocycles. The monoisotopic (exact) mass is 435 g/mol. The third-order valence-corrected chi connectivity index (χ3v) is 6.95. The summed E-state index contributed by atoms with van der Waals surface area (Å²) in [5, 5.41) is 3.38. The second kappa shape index (κ2) is 9.71. The first-order chi connectivity index (χ1) is 13.8. The normalized spacial score (nSPS) is 17.0. The Bertz CT molecular complexity index is 912. The van der Waals surface area contributed by atoms with Gasteiger partial charge >= 0.3 is 0 Å². The summed E-state index contributed by atoms with van der Waals surface area (Å²) >= 11 is 5.82. The number of carbonyl (C=O) groups excluding carboxylic acids is 1. The van der Waals surface area contributed by atoms with Crippen molar-refractivity contribution >= 4 is 27.3 Å². The highest BCUT2D eigenvalue weighted by atomic mass is 35.5. The lowest BCUT2D eigenvalue weighted by Crippen LogP contribution is -2.48. The van der Waals surface area contributed by atoms with Gasteiger partial charge in [-0.15, -0.1) is 0 Å². The molecule has 0 aliphatic carbocycles. The quantitative estimate of drug-likeness (QED) is 0.722. The third kappa shape index (κ3) is 6.27. The molecule has 1 aliphatic rings. The third-order valence-electron chi connectivity index (χ3n) is 5.07. The van der Waals surface area contributed by atoms with E-state index in [1.807, 2.05) is 30.3 Å². The first-order valence-corrected chi connectivity index (χ1v) is 11.6. The largest absolute Gasteiger partial charge is 0.347 e. The van der Waals surface area contributed by atoms with Crippen molar-refractivity contribution in [2.24, 2.45) is 0 Å². The predicted molar refractivity (Wildman–Crippen MR) is 115 cm³/mol. The van der Waals surface area contributed by atoms with Gasteiger partial charge in [0, 0.05) is 37.7 Å². The summed E-state index contributed by atoms with van der Waals surface area (Å²) in [7, 11) is -1.64. The van der Waals surface area contributed by atoms with Gasteiger partial charge in [-0.1, -0.05) is 41.9 Å². The van der Waals surface area contributed by atoms with Crippen LogP contribution in [0.1, 0.15) is 11.6 Å². The Balaban J connectivity index is 1.69. The molecular formula is C21H26ClN3O3S. The fourth-order valence-electron chi connectivity index (χ4n) is 3.34. The van der Waals surface area contributed by atoms with Gasteiger partial charge in [0.1, 0.15) is 5.75 Å². The second-order valence-electron chi connectivity index (χ2n) is 7.35. The zero-order chi connectivity index (χ0) is 20.9. The van der Waals surface area contributed by atoms with Gasteiger partial charge in [-0.05, 0) is 36.9 Å². The molecule has 156 valence electrons. The van der Waals surface area contributed by atoms with E-state index in [0.717, 1.165) is 31.7 Å². The summed E-state index contributed by atoms with van der Waals surface area (Å²) in [6.45, 7) is 4.42. The van der Waals surface area contributed by atoms with Crippen LogP contribution in [0.3, 0.4) is 0 Å². The van der Waals surface area contributed by atoms with Crippen LogP contribution in [-0.4, -0.2) is 69.6 Å². The number of nitrogens with one attached hydrogen (secondary N) is 1. The number of benzene rings is 2. The lowest BCUT2D eigenvalue weighted by molar-refractivity contribution is -0.119. The molecule has 0 aromatic heterocycles. The Morgan fingerprint density at radius 2 is 1.66 bits per heavy atom. The van der Waals surface area contributed by atoms with E-state index in [1.54, 1.807) is 0 Å². The highest BCUT2D eigenvalue weighted by Gasteiger charge is 2.24. The number of amides is 1. The van der Waals surface area contributed by atoms with Gasteiger partial charge in [0.05, 0.1) is 10.9 Å². The molecule has 0 bridgehead atoms. The van der Waals surface area contributed by atoms with Crippen molar-refractivity contribution in [3.63, 3.8) is 0 Å². The van der Waals surface area contributed by atoms with E-state index in [-0.39, 0.29) is 10.9 Å². The van der Waals surface area contributed by atoms with Gasteiger partial charge in [-0.25, -0.2) is 8.42 Å². The van der Waals surface area contributed by atoms with Gasteiger partial charge < -0.3 is 10.2 Å². The lowest BCUT2D eigenvalue weighted by atomic mass is 10.1. The Kier molecular flexibility index (Phi) is 7.29. The van der Waals surface area contributed by atoms with Crippen molar-refractivity contribution in [3.05, 3.63) is 65.2 Å². The smallest absolute Gasteiger partial charge is 0.236 e. The van der Waals surface area contributed by atoms with Gasteiger partial charge in [0.25, 0.3) is 0 Å². The molecule has 2 aromatic rings. The SMILES string of the molecule is CN1CCN(CC(NC(=O)CS(=O)(=O)c2ccc(Cl)cc2)c2ccccc2)CC1. The van der Waals surface area contributed by atoms with Gasteiger partial charge in [-0.3, -0.25) is 9.69 Å². The zero-order valence-corrected chi connectivity index (χ0v) is 18.0. The summed E-state index contributed by atoms with van der Waals surface area (Å²) < 4.78 is 25.2. The van der Waals surface area contributed by atoms with Crippen molar-refractivity contribution < 1.29 is 13.2 Å². The summed E-state index contributed by atoms with van der Waals surface area (Å²) in [6.07, 6.45) is 0. The van der Waals surface area contributed by atoms with E-state index in [2.05, 4.69) is 22.2 Å². The number of carbonyl (C=O) groups is 1. The average Bonchev–Trinajstić information content (AvgIpc) is 2.70. The minimum Gasteiger partial charge on any atom is -0.347 e. The number of hydrogen-bond donors (Lipinski definition) is 1. The van der Waals surface area contributed by atoms with Crippen LogP contribution < -0.4 is 5.32 Å². The van der Waals surface area contributed by atoms with Crippen LogP contribution in [0.2, 0.25) is 5.02 Å². The van der Waals surface area contributed by atoms with Crippen LogP contribution in [0, 0.1) is 0 Å². The molecule has 2 aromatic carbocycles. The first-order valence-electron chi connectivity index (χ1n) is 9.57. The molecule has 1 amide bonds. The zero-order valence-electron chi connectivity index (χ0n) is 16.4. The number of hydrogen-bond acceptors (Lipinski definition) is 5. The second-order valence-corrected chi connectivity index (χ2v) is 9.77. The fourth-order valence-corrected chi connectivity index (χ4v) is 4.61. The highest BCUT2D eigenvalue weighted by molar-refractivity contribution is 7.92. The van der Waals surface area contributed by atoms with Gasteiger partial charge in [0.15, 0.2) is 9.84 Å². The molecule has 1 N–H and O–H groups in total. The maximum Gasteiger partial charge on any atom is 0.236 e. The molecule has 0 radical (unpaired) electrons. The number of piperazine rings is 1. The van der Waals surface area contributed by atoms with Crippen molar-refractivity contribution in [3.8, 4) is 0 Å². The summed E-state index contributed by atoms with van der Waals surface area (Å²) in [5.41, 5.74) is 0.962. The Labute approximate surface area is 177 Å². The van der Waals surface area contributed by atoms with Crippen molar-refractivity contribution in [1.82, 2.24) is 15.1 Å². The molecule has 0 spiro atoms. The van der Waals surface area contributed by atoms with Crippen LogP contribution in [0.5, 0.6) is 0 Å². The maximum absolute atomic E-state index is 12.6. The standard InChI is InChI=1S/C21H26ClN3O3S/c1-24-11-13-25(14-12-24)15-20(17-5-3-2-4-6-17)23-21(26)16-29(27,28)19-9-7-18(22)8-10-19/h2-10,20H,11-16H2,1H3,(H,23,26). The van der Waals surface area contributed by atoms with Crippen molar-refractivity contribution in [2.75, 3.05) is 45.5 Å². The molecule has 1 fully saturated rings. The van der Waals surface area contributed by atoms with Crippen LogP contribution in [0.4, 0.5) is 0 Å². The van der Waals surface area contributed by atoms with E-state index in [0.29, 0.717) is 11.6 Å². The molecule has 3 rings (SSSR count). The van der Waals surface area contributed by atoms with Gasteiger partial charge in [0.2, 0.25) is 5.91 Å². The molecule has 6 nitrogen and oxygen atoms in total. The van der Waals surface area contributed by atoms with Crippen LogP contribution >= 0.6 is 11.6 Å².